The predicted molar refractivity (Wildman–Crippen MR) is 105 cm³/mol. The van der Waals surface area contributed by atoms with Crippen LogP contribution in [0.5, 0.6) is 0 Å². The SMILES string of the molecule is C[C@@H](Sc1nnc(Nc2cccc(F)c2)s1)C(=O)Nc1ccccc1Cl. The fraction of sp³-hybridized carbons (Fsp3) is 0.118. The van der Waals surface area contributed by atoms with Crippen molar-refractivity contribution in [1.82, 2.24) is 10.2 Å². The molecule has 5 nitrogen and oxygen atoms in total. The molecule has 26 heavy (non-hydrogen) atoms. The minimum Gasteiger partial charge on any atom is -0.330 e. The molecule has 0 saturated heterocycles. The second-order valence-corrected chi connectivity index (χ2v) is 8.21. The van der Waals surface area contributed by atoms with E-state index in [1.54, 1.807) is 43.3 Å². The average molecular weight is 409 g/mol. The van der Waals surface area contributed by atoms with Gasteiger partial charge in [-0.05, 0) is 37.3 Å². The van der Waals surface area contributed by atoms with E-state index in [2.05, 4.69) is 20.8 Å². The van der Waals surface area contributed by atoms with Crippen molar-refractivity contribution in [1.29, 1.82) is 0 Å². The Bertz CT molecular complexity index is 921. The molecule has 1 heterocycles. The maximum atomic E-state index is 13.2. The van der Waals surface area contributed by atoms with Gasteiger partial charge in [0.2, 0.25) is 11.0 Å². The van der Waals surface area contributed by atoms with E-state index in [4.69, 9.17) is 11.6 Å². The Morgan fingerprint density at radius 1 is 1.23 bits per heavy atom. The summed E-state index contributed by atoms with van der Waals surface area (Å²) in [6.45, 7) is 1.78. The molecular weight excluding hydrogens is 395 g/mol. The number of benzene rings is 2. The fourth-order valence-corrected chi connectivity index (χ4v) is 4.10. The molecule has 0 fully saturated rings. The highest BCUT2D eigenvalue weighted by Crippen LogP contribution is 2.31. The number of aromatic nitrogens is 2. The lowest BCUT2D eigenvalue weighted by Crippen LogP contribution is -2.22. The molecule has 0 aliphatic heterocycles. The fourth-order valence-electron chi connectivity index (χ4n) is 2.00. The Hall–Kier alpha value is -2.16. The highest BCUT2D eigenvalue weighted by atomic mass is 35.5. The third-order valence-corrected chi connectivity index (χ3v) is 5.61. The van der Waals surface area contributed by atoms with Crippen molar-refractivity contribution in [3.63, 3.8) is 0 Å². The minimum absolute atomic E-state index is 0.182. The van der Waals surface area contributed by atoms with Crippen LogP contribution < -0.4 is 10.6 Å². The maximum Gasteiger partial charge on any atom is 0.237 e. The Morgan fingerprint density at radius 2 is 2.04 bits per heavy atom. The Morgan fingerprint density at radius 3 is 2.81 bits per heavy atom. The number of hydrogen-bond acceptors (Lipinski definition) is 6. The van der Waals surface area contributed by atoms with Crippen LogP contribution in [0.3, 0.4) is 0 Å². The standard InChI is InChI=1S/C17H14ClFN4OS2/c1-10(15(24)21-14-8-3-2-7-13(14)18)25-17-23-22-16(26-17)20-12-6-4-5-11(19)9-12/h2-10H,1H3,(H,20,22)(H,21,24)/t10-/m1/s1. The van der Waals surface area contributed by atoms with Crippen molar-refractivity contribution in [2.45, 2.75) is 16.5 Å². The van der Waals surface area contributed by atoms with Crippen LogP contribution in [0.15, 0.2) is 52.9 Å². The van der Waals surface area contributed by atoms with E-state index in [1.807, 2.05) is 0 Å². The van der Waals surface area contributed by atoms with Crippen molar-refractivity contribution in [2.75, 3.05) is 10.6 Å². The maximum absolute atomic E-state index is 13.2. The summed E-state index contributed by atoms with van der Waals surface area (Å²) in [5.74, 6) is -0.517. The van der Waals surface area contributed by atoms with Crippen LogP contribution in [0.1, 0.15) is 6.92 Å². The van der Waals surface area contributed by atoms with E-state index in [9.17, 15) is 9.18 Å². The number of thioether (sulfide) groups is 1. The first kappa shape index (κ1) is 18.6. The smallest absolute Gasteiger partial charge is 0.237 e. The molecule has 134 valence electrons. The molecule has 0 saturated carbocycles. The van der Waals surface area contributed by atoms with E-state index >= 15 is 0 Å². The minimum atomic E-state index is -0.388. The van der Waals surface area contributed by atoms with Crippen LogP contribution >= 0.6 is 34.7 Å². The van der Waals surface area contributed by atoms with Gasteiger partial charge in [-0.3, -0.25) is 4.79 Å². The van der Waals surface area contributed by atoms with Crippen LogP contribution in [0.25, 0.3) is 0 Å². The Kier molecular flexibility index (Phi) is 6.08. The zero-order valence-electron chi connectivity index (χ0n) is 13.6. The molecule has 2 aromatic carbocycles. The lowest BCUT2D eigenvalue weighted by atomic mass is 10.3. The number of anilines is 3. The van der Waals surface area contributed by atoms with Gasteiger partial charge in [-0.1, -0.05) is 52.9 Å². The average Bonchev–Trinajstić information content (AvgIpc) is 3.03. The van der Waals surface area contributed by atoms with E-state index in [1.165, 1.54) is 35.2 Å². The van der Waals surface area contributed by atoms with Gasteiger partial charge in [0.1, 0.15) is 5.82 Å². The number of amides is 1. The molecule has 3 aromatic rings. The number of rotatable bonds is 6. The molecule has 1 amide bonds. The summed E-state index contributed by atoms with van der Waals surface area (Å²) < 4.78 is 13.8. The van der Waals surface area contributed by atoms with E-state index in [0.29, 0.717) is 25.9 Å². The first-order valence-electron chi connectivity index (χ1n) is 7.59. The topological polar surface area (TPSA) is 66.9 Å². The van der Waals surface area contributed by atoms with Crippen molar-refractivity contribution < 1.29 is 9.18 Å². The summed E-state index contributed by atoms with van der Waals surface area (Å²) in [6, 6.07) is 13.1. The summed E-state index contributed by atoms with van der Waals surface area (Å²) in [5, 5.41) is 14.5. The van der Waals surface area contributed by atoms with Crippen molar-refractivity contribution in [2.24, 2.45) is 0 Å². The summed E-state index contributed by atoms with van der Waals surface area (Å²) in [4.78, 5) is 12.3. The van der Waals surface area contributed by atoms with Gasteiger partial charge in [0.25, 0.3) is 0 Å². The van der Waals surface area contributed by atoms with Gasteiger partial charge >= 0.3 is 0 Å². The molecule has 1 atom stereocenters. The van der Waals surface area contributed by atoms with Gasteiger partial charge in [0.05, 0.1) is 16.0 Å². The number of carbonyl (C=O) groups is 1. The third kappa shape index (κ3) is 4.94. The quantitative estimate of drug-likeness (QED) is 0.549. The van der Waals surface area contributed by atoms with Crippen molar-refractivity contribution in [3.8, 4) is 0 Å². The summed E-state index contributed by atoms with van der Waals surface area (Å²) in [5.41, 5.74) is 1.15. The number of nitrogens with zero attached hydrogens (tertiary/aromatic N) is 2. The summed E-state index contributed by atoms with van der Waals surface area (Å²) in [6.07, 6.45) is 0. The predicted octanol–water partition coefficient (Wildman–Crippen LogP) is 5.19. The molecule has 0 aliphatic rings. The van der Waals surface area contributed by atoms with Gasteiger partial charge in [-0.2, -0.15) is 0 Å². The first-order chi connectivity index (χ1) is 12.5. The van der Waals surface area contributed by atoms with Gasteiger partial charge in [0, 0.05) is 5.69 Å². The zero-order chi connectivity index (χ0) is 18.5. The summed E-state index contributed by atoms with van der Waals surface area (Å²) >= 11 is 8.62. The molecule has 2 N–H and O–H groups in total. The van der Waals surface area contributed by atoms with Crippen molar-refractivity contribution >= 4 is 57.1 Å². The van der Waals surface area contributed by atoms with Gasteiger partial charge < -0.3 is 10.6 Å². The molecule has 3 rings (SSSR count). The van der Waals surface area contributed by atoms with Crippen LogP contribution in [0.2, 0.25) is 5.02 Å². The summed E-state index contributed by atoms with van der Waals surface area (Å²) in [7, 11) is 0. The molecule has 0 unspecified atom stereocenters. The number of carbonyl (C=O) groups excluding carboxylic acids is 1. The first-order valence-corrected chi connectivity index (χ1v) is 9.67. The van der Waals surface area contributed by atoms with Crippen molar-refractivity contribution in [3.05, 3.63) is 59.4 Å². The molecule has 1 aromatic heterocycles. The largest absolute Gasteiger partial charge is 0.330 e. The van der Waals surface area contributed by atoms with Gasteiger partial charge in [-0.15, -0.1) is 10.2 Å². The van der Waals surface area contributed by atoms with Crippen LogP contribution in [-0.2, 0) is 4.79 Å². The number of halogens is 2. The van der Waals surface area contributed by atoms with Gasteiger partial charge in [-0.25, -0.2) is 4.39 Å². The van der Waals surface area contributed by atoms with Crippen LogP contribution in [0.4, 0.5) is 20.9 Å². The Balaban J connectivity index is 1.59. The highest BCUT2D eigenvalue weighted by molar-refractivity contribution is 8.02. The zero-order valence-corrected chi connectivity index (χ0v) is 16.0. The second kappa shape index (κ2) is 8.48. The molecule has 0 spiro atoms. The van der Waals surface area contributed by atoms with E-state index in [0.717, 1.165) is 0 Å². The lowest BCUT2D eigenvalue weighted by molar-refractivity contribution is -0.115. The third-order valence-electron chi connectivity index (χ3n) is 3.26. The van der Waals surface area contributed by atoms with Crippen LogP contribution in [-0.4, -0.2) is 21.4 Å². The molecule has 0 radical (unpaired) electrons. The second-order valence-electron chi connectivity index (χ2n) is 5.24. The monoisotopic (exact) mass is 408 g/mol. The molecule has 0 bridgehead atoms. The van der Waals surface area contributed by atoms with E-state index in [-0.39, 0.29) is 17.0 Å². The van der Waals surface area contributed by atoms with Gasteiger partial charge in [0.15, 0.2) is 4.34 Å². The van der Waals surface area contributed by atoms with Crippen LogP contribution in [0, 0.1) is 5.82 Å². The lowest BCUT2D eigenvalue weighted by Gasteiger charge is -2.11. The van der Waals surface area contributed by atoms with E-state index < -0.39 is 0 Å². The number of para-hydroxylation sites is 1. The number of nitrogens with one attached hydrogen (secondary N) is 2. The number of hydrogen-bond donors (Lipinski definition) is 2. The normalized spacial score (nSPS) is 11.8. The molecule has 0 aliphatic carbocycles. The Labute approximate surface area is 163 Å². The molecule has 9 heteroatoms. The molecular formula is C17H14ClFN4OS2. The highest BCUT2D eigenvalue weighted by Gasteiger charge is 2.18.